The molecule has 0 unspecified atom stereocenters. The summed E-state index contributed by atoms with van der Waals surface area (Å²) in [4.78, 5) is 6.35. The zero-order chi connectivity index (χ0) is 13.0. The minimum absolute atomic E-state index is 0.651. The van der Waals surface area contributed by atoms with Crippen LogP contribution >= 0.6 is 12.2 Å². The largest absolute Gasteiger partial charge is 0.305 e. The van der Waals surface area contributed by atoms with Crippen LogP contribution < -0.4 is 0 Å². The fraction of sp³-hybridized carbons (Fsp3) is 0.417. The second-order valence-corrected chi connectivity index (χ2v) is 4.53. The van der Waals surface area contributed by atoms with E-state index >= 15 is 0 Å². The van der Waals surface area contributed by atoms with Gasteiger partial charge in [0.2, 0.25) is 0 Å². The highest BCUT2D eigenvalue weighted by Crippen LogP contribution is 2.15. The predicted octanol–water partition coefficient (Wildman–Crippen LogP) is 1.95. The first kappa shape index (κ1) is 12.9. The lowest BCUT2D eigenvalue weighted by Crippen LogP contribution is -2.23. The van der Waals surface area contributed by atoms with Gasteiger partial charge in [-0.15, -0.1) is 0 Å². The first-order valence-corrected chi connectivity index (χ1v) is 6.37. The summed E-state index contributed by atoms with van der Waals surface area (Å²) in [6, 6.07) is 3.88. The molecule has 0 saturated carbocycles. The third-order valence-corrected chi connectivity index (χ3v) is 3.23. The molecule has 0 fully saturated rings. The highest BCUT2D eigenvalue weighted by molar-refractivity contribution is 7.71. The summed E-state index contributed by atoms with van der Waals surface area (Å²) in [6.07, 6.45) is 3.55. The van der Waals surface area contributed by atoms with E-state index in [-0.39, 0.29) is 0 Å². The highest BCUT2D eigenvalue weighted by atomic mass is 32.1. The van der Waals surface area contributed by atoms with Gasteiger partial charge in [0.15, 0.2) is 10.6 Å². The van der Waals surface area contributed by atoms with Crippen molar-refractivity contribution >= 4 is 12.2 Å². The van der Waals surface area contributed by atoms with Gasteiger partial charge >= 0.3 is 0 Å². The van der Waals surface area contributed by atoms with E-state index in [4.69, 9.17) is 12.2 Å². The Kier molecular flexibility index (Phi) is 4.22. The molecule has 18 heavy (non-hydrogen) atoms. The van der Waals surface area contributed by atoms with Crippen LogP contribution in [0.15, 0.2) is 24.5 Å². The Bertz CT molecular complexity index is 545. The minimum atomic E-state index is 0.651. The summed E-state index contributed by atoms with van der Waals surface area (Å²) in [5, 5.41) is 7.12. The summed E-state index contributed by atoms with van der Waals surface area (Å²) in [6.45, 7) is 4.92. The Labute approximate surface area is 111 Å². The fourth-order valence-corrected chi connectivity index (χ4v) is 1.89. The number of hydrogen-bond donors (Lipinski definition) is 1. The van der Waals surface area contributed by atoms with Crippen molar-refractivity contribution in [2.75, 3.05) is 20.1 Å². The van der Waals surface area contributed by atoms with Gasteiger partial charge in [-0.05, 0) is 37.9 Å². The van der Waals surface area contributed by atoms with Gasteiger partial charge in [0, 0.05) is 31.0 Å². The van der Waals surface area contributed by atoms with E-state index in [0.717, 1.165) is 31.0 Å². The van der Waals surface area contributed by atoms with Crippen LogP contribution in [0.1, 0.15) is 6.92 Å². The maximum absolute atomic E-state index is 5.27. The Morgan fingerprint density at radius 2 is 2.33 bits per heavy atom. The smallest absolute Gasteiger partial charge is 0.195 e. The maximum atomic E-state index is 5.27. The van der Waals surface area contributed by atoms with Crippen molar-refractivity contribution in [3.8, 4) is 11.4 Å². The normalized spacial score (nSPS) is 11.1. The standard InChI is InChI=1S/C12H17N5S/c1-3-16(2)7-8-17-11(14-15-12(17)18)10-5-4-6-13-9-10/h4-6,9H,3,7-8H2,1-2H3,(H,15,18). The molecule has 0 amide bonds. The molecular weight excluding hydrogens is 246 g/mol. The lowest BCUT2D eigenvalue weighted by molar-refractivity contribution is 0.335. The summed E-state index contributed by atoms with van der Waals surface area (Å²) < 4.78 is 2.66. The molecule has 0 aliphatic carbocycles. The van der Waals surface area contributed by atoms with Crippen LogP contribution in [0.25, 0.3) is 11.4 Å². The van der Waals surface area contributed by atoms with Crippen LogP contribution in [0.2, 0.25) is 0 Å². The first-order valence-electron chi connectivity index (χ1n) is 5.96. The second-order valence-electron chi connectivity index (χ2n) is 4.14. The van der Waals surface area contributed by atoms with Gasteiger partial charge in [-0.2, -0.15) is 5.10 Å². The van der Waals surface area contributed by atoms with Gasteiger partial charge in [0.05, 0.1) is 0 Å². The molecule has 1 N–H and O–H groups in total. The molecular formula is C12H17N5S. The number of nitrogens with zero attached hydrogens (tertiary/aromatic N) is 4. The molecule has 0 atom stereocenters. The van der Waals surface area contributed by atoms with Crippen LogP contribution in [0.3, 0.4) is 0 Å². The second kappa shape index (κ2) is 5.88. The topological polar surface area (TPSA) is 49.7 Å². The third-order valence-electron chi connectivity index (χ3n) is 2.92. The zero-order valence-electron chi connectivity index (χ0n) is 10.6. The number of nitrogens with one attached hydrogen (secondary N) is 1. The Morgan fingerprint density at radius 1 is 1.50 bits per heavy atom. The van der Waals surface area contributed by atoms with Crippen molar-refractivity contribution < 1.29 is 0 Å². The van der Waals surface area contributed by atoms with Gasteiger partial charge in [0.25, 0.3) is 0 Å². The monoisotopic (exact) mass is 263 g/mol. The Morgan fingerprint density at radius 3 is 3.00 bits per heavy atom. The average Bonchev–Trinajstić information content (AvgIpc) is 2.78. The molecule has 0 aliphatic heterocycles. The molecule has 0 aliphatic rings. The van der Waals surface area contributed by atoms with Crippen molar-refractivity contribution in [1.82, 2.24) is 24.6 Å². The van der Waals surface area contributed by atoms with Crippen molar-refractivity contribution in [3.05, 3.63) is 29.3 Å². The van der Waals surface area contributed by atoms with Gasteiger partial charge in [-0.3, -0.25) is 14.6 Å². The summed E-state index contributed by atoms with van der Waals surface area (Å²) >= 11 is 5.27. The average molecular weight is 263 g/mol. The molecule has 0 aromatic carbocycles. The van der Waals surface area contributed by atoms with E-state index in [0.29, 0.717) is 4.77 Å². The summed E-state index contributed by atoms with van der Waals surface area (Å²) in [5.41, 5.74) is 0.976. The Balaban J connectivity index is 2.25. The van der Waals surface area contributed by atoms with Crippen LogP contribution in [0.5, 0.6) is 0 Å². The van der Waals surface area contributed by atoms with Gasteiger partial charge in [-0.1, -0.05) is 6.92 Å². The third kappa shape index (κ3) is 2.83. The number of pyridine rings is 1. The first-order chi connectivity index (χ1) is 8.72. The Hall–Kier alpha value is -1.53. The van der Waals surface area contributed by atoms with E-state index in [9.17, 15) is 0 Å². The van der Waals surface area contributed by atoms with E-state index in [1.54, 1.807) is 12.4 Å². The van der Waals surface area contributed by atoms with E-state index in [1.165, 1.54) is 0 Å². The minimum Gasteiger partial charge on any atom is -0.305 e. The molecule has 6 heteroatoms. The molecule has 5 nitrogen and oxygen atoms in total. The van der Waals surface area contributed by atoms with Crippen LogP contribution in [-0.2, 0) is 6.54 Å². The fourth-order valence-electron chi connectivity index (χ4n) is 1.67. The van der Waals surface area contributed by atoms with Gasteiger partial charge < -0.3 is 4.90 Å². The van der Waals surface area contributed by atoms with Crippen LogP contribution in [-0.4, -0.2) is 44.8 Å². The molecule has 2 aromatic rings. The lowest BCUT2D eigenvalue weighted by atomic mass is 10.3. The highest BCUT2D eigenvalue weighted by Gasteiger charge is 2.08. The molecule has 0 radical (unpaired) electrons. The van der Waals surface area contributed by atoms with E-state index in [2.05, 4.69) is 34.1 Å². The number of aromatic amines is 1. The zero-order valence-corrected chi connectivity index (χ0v) is 11.4. The molecule has 0 saturated heterocycles. The van der Waals surface area contributed by atoms with E-state index < -0.39 is 0 Å². The van der Waals surface area contributed by atoms with Gasteiger partial charge in [0.1, 0.15) is 0 Å². The van der Waals surface area contributed by atoms with Crippen molar-refractivity contribution in [1.29, 1.82) is 0 Å². The molecule has 2 rings (SSSR count). The number of hydrogen-bond acceptors (Lipinski definition) is 4. The quantitative estimate of drug-likeness (QED) is 0.838. The number of rotatable bonds is 5. The molecule has 2 heterocycles. The van der Waals surface area contributed by atoms with Crippen molar-refractivity contribution in [3.63, 3.8) is 0 Å². The number of likely N-dealkylation sites (N-methyl/N-ethyl adjacent to an activating group) is 1. The molecule has 2 aromatic heterocycles. The molecule has 0 spiro atoms. The number of aromatic nitrogens is 4. The summed E-state index contributed by atoms with van der Waals surface area (Å²) in [7, 11) is 2.09. The SMILES string of the molecule is CCN(C)CCn1c(-c2cccnc2)n[nH]c1=S. The van der Waals surface area contributed by atoms with Crippen molar-refractivity contribution in [2.24, 2.45) is 0 Å². The van der Waals surface area contributed by atoms with Crippen LogP contribution in [0.4, 0.5) is 0 Å². The molecule has 96 valence electrons. The van der Waals surface area contributed by atoms with E-state index in [1.807, 2.05) is 16.7 Å². The summed E-state index contributed by atoms with van der Waals surface area (Å²) in [5.74, 6) is 0.845. The maximum Gasteiger partial charge on any atom is 0.195 e. The number of H-pyrrole nitrogens is 1. The van der Waals surface area contributed by atoms with Gasteiger partial charge in [-0.25, -0.2) is 0 Å². The predicted molar refractivity (Wildman–Crippen MR) is 73.8 cm³/mol. The van der Waals surface area contributed by atoms with Crippen LogP contribution in [0, 0.1) is 4.77 Å². The molecule has 0 bridgehead atoms. The lowest BCUT2D eigenvalue weighted by Gasteiger charge is -2.14. The van der Waals surface area contributed by atoms with Crippen molar-refractivity contribution in [2.45, 2.75) is 13.5 Å².